The summed E-state index contributed by atoms with van der Waals surface area (Å²) in [5, 5.41) is 23.9. The Bertz CT molecular complexity index is 1410. The maximum absolute atomic E-state index is 13.1. The van der Waals surface area contributed by atoms with E-state index < -0.39 is 5.60 Å². The van der Waals surface area contributed by atoms with Crippen molar-refractivity contribution in [2.24, 2.45) is 0 Å². The minimum absolute atomic E-state index is 0.00820. The first-order valence-corrected chi connectivity index (χ1v) is 11.7. The van der Waals surface area contributed by atoms with Gasteiger partial charge in [0, 0.05) is 30.3 Å². The van der Waals surface area contributed by atoms with E-state index in [0.29, 0.717) is 29.1 Å². The summed E-state index contributed by atoms with van der Waals surface area (Å²) in [6.07, 6.45) is 5.81. The number of aliphatic hydroxyl groups is 1. The lowest BCUT2D eigenvalue weighted by molar-refractivity contribution is 0.0283. The first-order chi connectivity index (χ1) is 17.3. The second-order valence-corrected chi connectivity index (χ2v) is 9.49. The number of hydrogen-bond acceptors (Lipinski definition) is 7. The van der Waals surface area contributed by atoms with E-state index in [9.17, 15) is 14.8 Å². The number of rotatable bonds is 7. The SMILES string of the molecule is CC(C)(O)COc1cc(-c2ccc(N3CCC(Oc4ccc(F)cc4)C3)nc2)c2c(C#N)cnn2c1. The van der Waals surface area contributed by atoms with E-state index in [4.69, 9.17) is 9.47 Å². The van der Waals surface area contributed by atoms with Crippen molar-refractivity contribution in [3.05, 3.63) is 72.4 Å². The molecular weight excluding hydrogens is 461 g/mol. The second kappa shape index (κ2) is 9.47. The predicted octanol–water partition coefficient (Wildman–Crippen LogP) is 4.21. The number of fused-ring (bicyclic) bond motifs is 1. The molecule has 0 aliphatic carbocycles. The second-order valence-electron chi connectivity index (χ2n) is 9.49. The van der Waals surface area contributed by atoms with E-state index >= 15 is 0 Å². The summed E-state index contributed by atoms with van der Waals surface area (Å²) in [5.74, 6) is 1.71. The molecule has 4 aromatic rings. The topological polar surface area (TPSA) is 95.9 Å². The minimum atomic E-state index is -0.992. The fraction of sp³-hybridized carbons (Fsp3) is 0.296. The zero-order valence-corrected chi connectivity index (χ0v) is 20.1. The van der Waals surface area contributed by atoms with Crippen LogP contribution in [0.3, 0.4) is 0 Å². The van der Waals surface area contributed by atoms with Crippen LogP contribution in [0.4, 0.5) is 10.2 Å². The summed E-state index contributed by atoms with van der Waals surface area (Å²) >= 11 is 0. The lowest BCUT2D eigenvalue weighted by Crippen LogP contribution is -2.27. The Morgan fingerprint density at radius 2 is 1.97 bits per heavy atom. The molecule has 0 amide bonds. The Kier molecular flexibility index (Phi) is 6.20. The number of hydrogen-bond donors (Lipinski definition) is 1. The fourth-order valence-corrected chi connectivity index (χ4v) is 4.21. The van der Waals surface area contributed by atoms with Gasteiger partial charge < -0.3 is 19.5 Å². The van der Waals surface area contributed by atoms with Crippen LogP contribution < -0.4 is 14.4 Å². The van der Waals surface area contributed by atoms with Crippen molar-refractivity contribution >= 4 is 11.3 Å². The fourth-order valence-electron chi connectivity index (χ4n) is 4.21. The molecule has 0 radical (unpaired) electrons. The molecular formula is C27H26FN5O3. The highest BCUT2D eigenvalue weighted by atomic mass is 19.1. The van der Waals surface area contributed by atoms with Gasteiger partial charge >= 0.3 is 0 Å². The summed E-state index contributed by atoms with van der Waals surface area (Å²) < 4.78 is 26.5. The third-order valence-corrected chi connectivity index (χ3v) is 5.94. The van der Waals surface area contributed by atoms with Crippen LogP contribution in [0.25, 0.3) is 16.6 Å². The van der Waals surface area contributed by atoms with E-state index in [-0.39, 0.29) is 18.5 Å². The quantitative estimate of drug-likeness (QED) is 0.417. The minimum Gasteiger partial charge on any atom is -0.489 e. The smallest absolute Gasteiger partial charge is 0.138 e. The standard InChI is InChI=1S/C27H26FN5O3/c1-27(2,34)17-35-23-11-24(26-19(12-29)14-31-33(26)16-23)18-3-8-25(30-13-18)32-10-9-22(15-32)36-21-6-4-20(28)5-7-21/h3-8,11,13-14,16,22,34H,9-10,15,17H2,1-2H3. The molecule has 36 heavy (non-hydrogen) atoms. The van der Waals surface area contributed by atoms with Gasteiger partial charge in [-0.1, -0.05) is 0 Å². The normalized spacial score (nSPS) is 15.8. The highest BCUT2D eigenvalue weighted by Gasteiger charge is 2.25. The summed E-state index contributed by atoms with van der Waals surface area (Å²) in [6.45, 7) is 4.92. The number of nitrogens with zero attached hydrogens (tertiary/aromatic N) is 5. The van der Waals surface area contributed by atoms with Crippen molar-refractivity contribution in [1.29, 1.82) is 5.26 Å². The molecule has 1 atom stereocenters. The van der Waals surface area contributed by atoms with E-state index in [1.165, 1.54) is 18.3 Å². The maximum Gasteiger partial charge on any atom is 0.138 e. The number of pyridine rings is 2. The average molecular weight is 488 g/mol. The van der Waals surface area contributed by atoms with E-state index in [0.717, 1.165) is 29.9 Å². The molecule has 1 aliphatic rings. The lowest BCUT2D eigenvalue weighted by Gasteiger charge is -2.19. The van der Waals surface area contributed by atoms with Crippen molar-refractivity contribution in [1.82, 2.24) is 14.6 Å². The van der Waals surface area contributed by atoms with Crippen molar-refractivity contribution < 1.29 is 19.0 Å². The van der Waals surface area contributed by atoms with Gasteiger partial charge in [0.2, 0.25) is 0 Å². The number of halogens is 1. The summed E-state index contributed by atoms with van der Waals surface area (Å²) in [7, 11) is 0. The van der Waals surface area contributed by atoms with Gasteiger partial charge in [0.15, 0.2) is 0 Å². The van der Waals surface area contributed by atoms with Crippen LogP contribution in [0.2, 0.25) is 0 Å². The Labute approximate surface area is 208 Å². The largest absolute Gasteiger partial charge is 0.489 e. The van der Waals surface area contributed by atoms with Crippen LogP contribution in [-0.4, -0.2) is 51.1 Å². The number of benzene rings is 1. The molecule has 0 spiro atoms. The van der Waals surface area contributed by atoms with E-state index in [2.05, 4.69) is 21.1 Å². The molecule has 0 bridgehead atoms. The molecule has 3 aromatic heterocycles. The van der Waals surface area contributed by atoms with E-state index in [1.807, 2.05) is 18.2 Å². The van der Waals surface area contributed by atoms with Crippen LogP contribution >= 0.6 is 0 Å². The summed E-state index contributed by atoms with van der Waals surface area (Å²) in [4.78, 5) is 6.83. The van der Waals surface area contributed by atoms with Crippen molar-refractivity contribution in [3.63, 3.8) is 0 Å². The van der Waals surface area contributed by atoms with Gasteiger partial charge in [0.05, 0.1) is 35.6 Å². The van der Waals surface area contributed by atoms with Crippen molar-refractivity contribution in [2.45, 2.75) is 32.0 Å². The molecule has 0 saturated carbocycles. The van der Waals surface area contributed by atoms with Gasteiger partial charge in [0.25, 0.3) is 0 Å². The first kappa shape index (κ1) is 23.6. The molecule has 1 unspecified atom stereocenters. The molecule has 9 heteroatoms. The van der Waals surface area contributed by atoms with Crippen LogP contribution in [-0.2, 0) is 0 Å². The molecule has 1 N–H and O–H groups in total. The van der Waals surface area contributed by atoms with Crippen molar-refractivity contribution in [3.8, 4) is 28.7 Å². The number of anilines is 1. The number of aromatic nitrogens is 3. The molecule has 1 saturated heterocycles. The third-order valence-electron chi connectivity index (χ3n) is 5.94. The number of nitriles is 1. The molecule has 184 valence electrons. The summed E-state index contributed by atoms with van der Waals surface area (Å²) in [6, 6.07) is 14.0. The predicted molar refractivity (Wildman–Crippen MR) is 133 cm³/mol. The molecule has 1 aliphatic heterocycles. The Balaban J connectivity index is 1.37. The zero-order valence-electron chi connectivity index (χ0n) is 20.1. The zero-order chi connectivity index (χ0) is 25.3. The number of ether oxygens (including phenoxy) is 2. The Hall–Kier alpha value is -4.16. The maximum atomic E-state index is 13.1. The highest BCUT2D eigenvalue weighted by molar-refractivity contribution is 5.85. The van der Waals surface area contributed by atoms with Crippen LogP contribution in [0.1, 0.15) is 25.8 Å². The molecule has 8 nitrogen and oxygen atoms in total. The highest BCUT2D eigenvalue weighted by Crippen LogP contribution is 2.32. The third kappa shape index (κ3) is 5.09. The van der Waals surface area contributed by atoms with Gasteiger partial charge in [-0.15, -0.1) is 0 Å². The van der Waals surface area contributed by atoms with Crippen LogP contribution in [0.15, 0.2) is 61.1 Å². The van der Waals surface area contributed by atoms with Gasteiger partial charge in [-0.3, -0.25) is 0 Å². The monoisotopic (exact) mass is 487 g/mol. The lowest BCUT2D eigenvalue weighted by atomic mass is 10.1. The average Bonchev–Trinajstić information content (AvgIpc) is 3.50. The van der Waals surface area contributed by atoms with E-state index in [1.54, 1.807) is 42.9 Å². The van der Waals surface area contributed by atoms with Gasteiger partial charge in [-0.2, -0.15) is 10.4 Å². The van der Waals surface area contributed by atoms with Gasteiger partial charge in [-0.25, -0.2) is 13.9 Å². The molecule has 1 aromatic carbocycles. The Morgan fingerprint density at radius 1 is 1.17 bits per heavy atom. The molecule has 4 heterocycles. The Morgan fingerprint density at radius 3 is 2.67 bits per heavy atom. The van der Waals surface area contributed by atoms with Crippen molar-refractivity contribution in [2.75, 3.05) is 24.6 Å². The molecule has 1 fully saturated rings. The van der Waals surface area contributed by atoms with Gasteiger partial charge in [-0.05, 0) is 56.3 Å². The van der Waals surface area contributed by atoms with Crippen LogP contribution in [0.5, 0.6) is 11.5 Å². The van der Waals surface area contributed by atoms with Gasteiger partial charge in [0.1, 0.15) is 41.9 Å². The summed E-state index contributed by atoms with van der Waals surface area (Å²) in [5.41, 5.74) is 1.69. The van der Waals surface area contributed by atoms with Crippen LogP contribution in [0, 0.1) is 17.1 Å². The first-order valence-electron chi connectivity index (χ1n) is 11.7. The molecule has 5 rings (SSSR count).